The number of fused-ring (bicyclic) bond motifs is 1. The van der Waals surface area contributed by atoms with Crippen LogP contribution >= 0.6 is 22.9 Å². The van der Waals surface area contributed by atoms with Crippen LogP contribution in [0.1, 0.15) is 24.0 Å². The molecule has 1 saturated heterocycles. The van der Waals surface area contributed by atoms with Crippen molar-refractivity contribution in [2.75, 3.05) is 13.1 Å². The van der Waals surface area contributed by atoms with Crippen molar-refractivity contribution in [3.8, 4) is 10.9 Å². The van der Waals surface area contributed by atoms with Gasteiger partial charge < -0.3 is 9.64 Å². The minimum atomic E-state index is -0.525. The van der Waals surface area contributed by atoms with Crippen molar-refractivity contribution in [1.82, 2.24) is 19.7 Å². The molecule has 0 saturated carbocycles. The Labute approximate surface area is 209 Å². The molecule has 2 N–H and O–H groups in total. The van der Waals surface area contributed by atoms with Gasteiger partial charge in [0.25, 0.3) is 5.56 Å². The summed E-state index contributed by atoms with van der Waals surface area (Å²) in [7, 11) is 0. The van der Waals surface area contributed by atoms with E-state index in [1.165, 1.54) is 10.8 Å². The molecule has 1 amide bonds. The highest BCUT2D eigenvalue weighted by atomic mass is 35.5. The van der Waals surface area contributed by atoms with Crippen molar-refractivity contribution < 1.29 is 9.53 Å². The van der Waals surface area contributed by atoms with Crippen LogP contribution in [0.15, 0.2) is 53.3 Å². The van der Waals surface area contributed by atoms with E-state index in [9.17, 15) is 9.59 Å². The maximum Gasteiger partial charge on any atom is 0.283 e. The Hall–Kier alpha value is -3.69. The maximum atomic E-state index is 12.7. The summed E-state index contributed by atoms with van der Waals surface area (Å²) in [5.41, 5.74) is 1.09. The summed E-state index contributed by atoms with van der Waals surface area (Å²) in [6, 6.07) is 14.9. The molecule has 2 aromatic rings. The fourth-order valence-electron chi connectivity index (χ4n) is 3.88. The molecule has 1 fully saturated rings. The molecule has 3 heterocycles. The molecule has 0 aliphatic carbocycles. The SMILES string of the molecule is N=c1/c(=C/c2ccc(OCc3ccccc3)c(Cl)c2)c(=O)nc2s/c(=C/C(=O)N3CCCC3)[nH]n1-2. The van der Waals surface area contributed by atoms with Crippen molar-refractivity contribution in [3.63, 3.8) is 0 Å². The van der Waals surface area contributed by atoms with Crippen LogP contribution in [0.25, 0.3) is 17.3 Å². The first-order valence-corrected chi connectivity index (χ1v) is 12.3. The van der Waals surface area contributed by atoms with Gasteiger partial charge in [-0.2, -0.15) is 4.98 Å². The second-order valence-corrected chi connectivity index (χ2v) is 9.58. The van der Waals surface area contributed by atoms with Crippen molar-refractivity contribution in [3.05, 3.63) is 90.4 Å². The molecule has 0 unspecified atom stereocenters. The Morgan fingerprint density at radius 3 is 2.71 bits per heavy atom. The van der Waals surface area contributed by atoms with E-state index in [0.717, 1.165) is 42.8 Å². The summed E-state index contributed by atoms with van der Waals surface area (Å²) >= 11 is 7.56. The zero-order valence-electron chi connectivity index (χ0n) is 18.7. The van der Waals surface area contributed by atoms with Gasteiger partial charge in [0.1, 0.15) is 17.0 Å². The summed E-state index contributed by atoms with van der Waals surface area (Å²) in [6.07, 6.45) is 5.07. The van der Waals surface area contributed by atoms with Gasteiger partial charge >= 0.3 is 0 Å². The van der Waals surface area contributed by atoms with E-state index >= 15 is 0 Å². The van der Waals surface area contributed by atoms with Gasteiger partial charge in [-0.1, -0.05) is 59.3 Å². The van der Waals surface area contributed by atoms with E-state index < -0.39 is 5.56 Å². The largest absolute Gasteiger partial charge is 0.487 e. The number of nitrogens with zero attached hydrogens (tertiary/aromatic N) is 3. The van der Waals surface area contributed by atoms with Gasteiger partial charge in [-0.3, -0.25) is 20.1 Å². The Bertz CT molecular complexity index is 1590. The lowest BCUT2D eigenvalue weighted by molar-refractivity contribution is -0.123. The fraction of sp³-hybridized carbons (Fsp3) is 0.200. The van der Waals surface area contributed by atoms with E-state index in [-0.39, 0.29) is 16.6 Å². The minimum Gasteiger partial charge on any atom is -0.487 e. The molecule has 0 atom stereocenters. The third-order valence-electron chi connectivity index (χ3n) is 5.70. The minimum absolute atomic E-state index is 0.0509. The number of hydrogen-bond donors (Lipinski definition) is 2. The number of amides is 1. The summed E-state index contributed by atoms with van der Waals surface area (Å²) in [5.74, 6) is 0.439. The normalized spacial score (nSPS) is 14.7. The van der Waals surface area contributed by atoms with Crippen LogP contribution in [0.3, 0.4) is 0 Å². The molecule has 178 valence electrons. The number of H-pyrrole nitrogens is 1. The highest BCUT2D eigenvalue weighted by Crippen LogP contribution is 2.26. The van der Waals surface area contributed by atoms with Crippen molar-refractivity contribution in [2.24, 2.45) is 0 Å². The third kappa shape index (κ3) is 5.06. The van der Waals surface area contributed by atoms with E-state index in [1.807, 2.05) is 30.3 Å². The average molecular weight is 508 g/mol. The first-order chi connectivity index (χ1) is 17.0. The van der Waals surface area contributed by atoms with Crippen LogP contribution in [0.2, 0.25) is 5.02 Å². The van der Waals surface area contributed by atoms with Crippen LogP contribution in [0.4, 0.5) is 0 Å². The average Bonchev–Trinajstić information content (AvgIpc) is 3.52. The standard InChI is InChI=1S/C25H22ClN5O3S/c26-19-13-17(8-9-20(19)34-15-16-6-2-1-3-7-16)12-18-23(27)31-25(28-24(18)33)35-21(29-31)14-22(32)30-10-4-5-11-30/h1-3,6-9,12-14,27,29H,4-5,10-11,15H2/b18-12-,21-14+,27-23?. The molecular formula is C25H22ClN5O3S. The predicted octanol–water partition coefficient (Wildman–Crippen LogP) is 2.00. The molecule has 5 rings (SSSR count). The van der Waals surface area contributed by atoms with Crippen LogP contribution in [-0.2, 0) is 11.4 Å². The van der Waals surface area contributed by atoms with Crippen LogP contribution in [-0.4, -0.2) is 38.7 Å². The van der Waals surface area contributed by atoms with E-state index in [0.29, 0.717) is 32.7 Å². The molecule has 0 spiro atoms. The number of aromatic amines is 1. The molecule has 35 heavy (non-hydrogen) atoms. The molecular weight excluding hydrogens is 486 g/mol. The maximum absolute atomic E-state index is 12.7. The van der Waals surface area contributed by atoms with Crippen LogP contribution in [0, 0.1) is 5.41 Å². The summed E-state index contributed by atoms with van der Waals surface area (Å²) in [5, 5.41) is 12.4. The number of halogens is 1. The molecule has 2 aromatic carbocycles. The third-order valence-corrected chi connectivity index (χ3v) is 6.88. The molecule has 0 radical (unpaired) electrons. The smallest absolute Gasteiger partial charge is 0.283 e. The van der Waals surface area contributed by atoms with Crippen LogP contribution < -0.4 is 25.7 Å². The fourth-order valence-corrected chi connectivity index (χ4v) is 4.97. The summed E-state index contributed by atoms with van der Waals surface area (Å²) in [6.45, 7) is 1.88. The molecule has 0 aromatic heterocycles. The highest BCUT2D eigenvalue weighted by Gasteiger charge is 2.17. The summed E-state index contributed by atoms with van der Waals surface area (Å²) < 4.78 is 7.74. The predicted molar refractivity (Wildman–Crippen MR) is 134 cm³/mol. The monoisotopic (exact) mass is 507 g/mol. The van der Waals surface area contributed by atoms with E-state index in [4.69, 9.17) is 21.7 Å². The number of benzene rings is 2. The molecule has 8 nitrogen and oxygen atoms in total. The first kappa shape index (κ1) is 23.1. The highest BCUT2D eigenvalue weighted by molar-refractivity contribution is 7.11. The molecule has 10 heteroatoms. The first-order valence-electron chi connectivity index (χ1n) is 11.1. The molecule has 3 aliphatic heterocycles. The van der Waals surface area contributed by atoms with Gasteiger partial charge in [0.05, 0.1) is 10.2 Å². The Kier molecular flexibility index (Phi) is 6.52. The van der Waals surface area contributed by atoms with Crippen molar-refractivity contribution in [2.45, 2.75) is 19.4 Å². The van der Waals surface area contributed by atoms with Gasteiger partial charge in [-0.05, 0) is 42.2 Å². The van der Waals surface area contributed by atoms with Gasteiger partial charge in [-0.25, -0.2) is 4.68 Å². The topological polar surface area (TPSA) is 104 Å². The van der Waals surface area contributed by atoms with Crippen molar-refractivity contribution in [1.29, 1.82) is 5.41 Å². The quantitative estimate of drug-likeness (QED) is 0.431. The lowest BCUT2D eigenvalue weighted by atomic mass is 10.2. The zero-order valence-corrected chi connectivity index (χ0v) is 20.2. The number of carbonyl (C=O) groups excluding carboxylic acids is 1. The number of nitrogens with one attached hydrogen (secondary N) is 2. The Morgan fingerprint density at radius 2 is 1.97 bits per heavy atom. The Balaban J connectivity index is 1.44. The second kappa shape index (κ2) is 9.89. The lowest BCUT2D eigenvalue weighted by Crippen LogP contribution is -2.47. The lowest BCUT2D eigenvalue weighted by Gasteiger charge is -2.10. The molecule has 3 aliphatic rings. The van der Waals surface area contributed by atoms with E-state index in [2.05, 4.69) is 10.1 Å². The number of carbonyl (C=O) groups is 1. The number of ether oxygens (including phenoxy) is 1. The number of hydrogen-bond acceptors (Lipinski definition) is 6. The van der Waals surface area contributed by atoms with Crippen molar-refractivity contribution >= 4 is 41.0 Å². The van der Waals surface area contributed by atoms with Gasteiger partial charge in [0.15, 0.2) is 5.49 Å². The number of likely N-dealkylation sites (tertiary alicyclic amines) is 1. The zero-order chi connectivity index (χ0) is 24.4. The second-order valence-electron chi connectivity index (χ2n) is 8.16. The van der Waals surface area contributed by atoms with Gasteiger partial charge in [0.2, 0.25) is 11.0 Å². The van der Waals surface area contributed by atoms with Gasteiger partial charge in [0, 0.05) is 19.2 Å². The molecule has 0 bridgehead atoms. The number of aromatic nitrogens is 3. The summed E-state index contributed by atoms with van der Waals surface area (Å²) in [4.78, 5) is 31.0. The van der Waals surface area contributed by atoms with E-state index in [1.54, 1.807) is 29.2 Å². The Morgan fingerprint density at radius 1 is 1.20 bits per heavy atom. The van der Waals surface area contributed by atoms with Gasteiger partial charge in [-0.15, -0.1) is 0 Å². The van der Waals surface area contributed by atoms with Crippen LogP contribution in [0.5, 0.6) is 5.75 Å². The number of rotatable bonds is 5.